The van der Waals surface area contributed by atoms with E-state index in [0.717, 1.165) is 53.6 Å². The summed E-state index contributed by atoms with van der Waals surface area (Å²) in [5.41, 5.74) is 0. The zero-order chi connectivity index (χ0) is 32.8. The standard InChI is InChI=1S/C33H59N3O5S4/c1-4-5-6-7-8-9-10-11-12-17-24-43-32(42)45-33(2,3)30(38)41-23-22-40-21-16-15-20-34-28(37)19-14-13-18-27-29-26(25-44-27)35-31(39)36-29/h26-27,29H,4-25H2,1-3H3,(H,34,37)(H2,35,36,39). The molecule has 3 amide bonds. The number of thioether (sulfide) groups is 3. The molecule has 0 saturated carbocycles. The molecule has 260 valence electrons. The van der Waals surface area contributed by atoms with E-state index in [-0.39, 0.29) is 36.6 Å². The summed E-state index contributed by atoms with van der Waals surface area (Å²) in [6.45, 7) is 7.77. The molecule has 3 N–H and O–H groups in total. The van der Waals surface area contributed by atoms with E-state index in [1.807, 2.05) is 25.6 Å². The van der Waals surface area contributed by atoms with Crippen molar-refractivity contribution in [3.05, 3.63) is 0 Å². The van der Waals surface area contributed by atoms with Crippen molar-refractivity contribution < 1.29 is 23.9 Å². The van der Waals surface area contributed by atoms with Crippen molar-refractivity contribution in [2.45, 2.75) is 146 Å². The van der Waals surface area contributed by atoms with E-state index >= 15 is 0 Å². The summed E-state index contributed by atoms with van der Waals surface area (Å²) in [6.07, 6.45) is 18.3. The van der Waals surface area contributed by atoms with Gasteiger partial charge in [-0.25, -0.2) is 4.79 Å². The summed E-state index contributed by atoms with van der Waals surface area (Å²) in [4.78, 5) is 36.2. The first-order valence-electron chi connectivity index (χ1n) is 17.3. The highest BCUT2D eigenvalue weighted by Gasteiger charge is 2.42. The van der Waals surface area contributed by atoms with Crippen LogP contribution in [-0.2, 0) is 19.1 Å². The molecule has 0 bridgehead atoms. The molecule has 0 aromatic heterocycles. The van der Waals surface area contributed by atoms with Gasteiger partial charge in [-0.15, -0.1) is 11.8 Å². The maximum absolute atomic E-state index is 12.6. The van der Waals surface area contributed by atoms with Crippen molar-refractivity contribution in [3.63, 3.8) is 0 Å². The lowest BCUT2D eigenvalue weighted by atomic mass is 10.0. The maximum Gasteiger partial charge on any atom is 0.322 e. The lowest BCUT2D eigenvalue weighted by molar-refractivity contribution is -0.147. The van der Waals surface area contributed by atoms with Crippen LogP contribution < -0.4 is 16.0 Å². The third-order valence-electron chi connectivity index (χ3n) is 8.13. The molecule has 0 spiro atoms. The molecule has 0 radical (unpaired) electrons. The Bertz CT molecular complexity index is 879. The second kappa shape index (κ2) is 24.5. The highest BCUT2D eigenvalue weighted by atomic mass is 32.2. The molecule has 12 heteroatoms. The van der Waals surface area contributed by atoms with Gasteiger partial charge in [0.1, 0.15) is 14.9 Å². The summed E-state index contributed by atoms with van der Waals surface area (Å²) < 4.78 is 11.1. The quantitative estimate of drug-likeness (QED) is 0.0363. The maximum atomic E-state index is 12.6. The Hall–Kier alpha value is -0.690. The van der Waals surface area contributed by atoms with Crippen molar-refractivity contribution in [2.24, 2.45) is 0 Å². The third-order valence-corrected chi connectivity index (χ3v) is 12.4. The zero-order valence-corrected chi connectivity index (χ0v) is 31.2. The molecule has 0 aromatic carbocycles. The number of urea groups is 1. The minimum absolute atomic E-state index is 0.0535. The Morgan fingerprint density at radius 2 is 1.64 bits per heavy atom. The predicted molar refractivity (Wildman–Crippen MR) is 197 cm³/mol. The van der Waals surface area contributed by atoms with Crippen LogP contribution in [0.3, 0.4) is 0 Å². The van der Waals surface area contributed by atoms with Gasteiger partial charge in [0.15, 0.2) is 0 Å². The van der Waals surface area contributed by atoms with Crippen molar-refractivity contribution in [1.82, 2.24) is 16.0 Å². The minimum atomic E-state index is -0.719. The van der Waals surface area contributed by atoms with E-state index in [2.05, 4.69) is 22.9 Å². The monoisotopic (exact) mass is 705 g/mol. The first kappa shape index (κ1) is 40.5. The Morgan fingerprint density at radius 3 is 2.38 bits per heavy atom. The number of carbonyl (C=O) groups is 3. The summed E-state index contributed by atoms with van der Waals surface area (Å²) in [7, 11) is 0. The minimum Gasteiger partial charge on any atom is -0.462 e. The van der Waals surface area contributed by atoms with Gasteiger partial charge in [0.05, 0.1) is 18.7 Å². The van der Waals surface area contributed by atoms with Gasteiger partial charge in [-0.1, -0.05) is 95.1 Å². The number of fused-ring (bicyclic) bond motifs is 1. The summed E-state index contributed by atoms with van der Waals surface area (Å²) in [6, 6.07) is 0.429. The molecule has 2 heterocycles. The molecule has 2 aliphatic rings. The molecule has 0 aromatic rings. The average molecular weight is 706 g/mol. The van der Waals surface area contributed by atoms with E-state index in [1.165, 1.54) is 69.5 Å². The molecule has 2 saturated heterocycles. The van der Waals surface area contributed by atoms with E-state index in [4.69, 9.17) is 21.7 Å². The molecule has 3 unspecified atom stereocenters. The lowest BCUT2D eigenvalue weighted by Crippen LogP contribution is -2.36. The van der Waals surface area contributed by atoms with E-state index in [0.29, 0.717) is 31.4 Å². The highest BCUT2D eigenvalue weighted by Crippen LogP contribution is 2.34. The fraction of sp³-hybridized carbons (Fsp3) is 0.879. The number of unbranched alkanes of at least 4 members (excludes halogenated alkanes) is 11. The largest absolute Gasteiger partial charge is 0.462 e. The molecule has 2 fully saturated rings. The van der Waals surface area contributed by atoms with Crippen molar-refractivity contribution in [2.75, 3.05) is 37.9 Å². The lowest BCUT2D eigenvalue weighted by Gasteiger charge is -2.22. The Kier molecular flexibility index (Phi) is 22.0. The predicted octanol–water partition coefficient (Wildman–Crippen LogP) is 7.62. The molecular formula is C33H59N3O5S4. The molecule has 2 aliphatic heterocycles. The van der Waals surface area contributed by atoms with Crippen LogP contribution in [-0.4, -0.2) is 81.4 Å². The number of hydrogen-bond donors (Lipinski definition) is 3. The highest BCUT2D eigenvalue weighted by molar-refractivity contribution is 8.47. The van der Waals surface area contributed by atoms with Gasteiger partial charge < -0.3 is 25.4 Å². The number of ether oxygens (including phenoxy) is 2. The normalized spacial score (nSPS) is 19.2. The van der Waals surface area contributed by atoms with Crippen LogP contribution in [0, 0.1) is 0 Å². The van der Waals surface area contributed by atoms with Gasteiger partial charge in [-0.2, -0.15) is 11.8 Å². The molecule has 3 atom stereocenters. The van der Waals surface area contributed by atoms with Gasteiger partial charge in [0, 0.05) is 30.6 Å². The number of amides is 3. The van der Waals surface area contributed by atoms with E-state index in [1.54, 1.807) is 11.8 Å². The van der Waals surface area contributed by atoms with Crippen molar-refractivity contribution in [3.8, 4) is 0 Å². The molecule has 45 heavy (non-hydrogen) atoms. The Labute approximate surface area is 290 Å². The zero-order valence-electron chi connectivity index (χ0n) is 28.0. The summed E-state index contributed by atoms with van der Waals surface area (Å²) in [5, 5.41) is 9.41. The van der Waals surface area contributed by atoms with Crippen LogP contribution in [0.5, 0.6) is 0 Å². The van der Waals surface area contributed by atoms with Gasteiger partial charge in [-0.3, -0.25) is 9.59 Å². The first-order valence-corrected chi connectivity index (χ1v) is 20.5. The van der Waals surface area contributed by atoms with Gasteiger partial charge >= 0.3 is 12.0 Å². The molecule has 8 nitrogen and oxygen atoms in total. The van der Waals surface area contributed by atoms with Crippen LogP contribution in [0.1, 0.15) is 124 Å². The van der Waals surface area contributed by atoms with Gasteiger partial charge in [0.25, 0.3) is 0 Å². The van der Waals surface area contributed by atoms with Crippen LogP contribution in [0.15, 0.2) is 0 Å². The van der Waals surface area contributed by atoms with Crippen LogP contribution in [0.2, 0.25) is 0 Å². The first-order chi connectivity index (χ1) is 21.7. The van der Waals surface area contributed by atoms with Crippen molar-refractivity contribution in [1.29, 1.82) is 0 Å². The number of nitrogens with one attached hydrogen (secondary N) is 3. The fourth-order valence-electron chi connectivity index (χ4n) is 5.41. The summed E-state index contributed by atoms with van der Waals surface area (Å²) >= 11 is 10.5. The third kappa shape index (κ3) is 18.4. The summed E-state index contributed by atoms with van der Waals surface area (Å²) in [5.74, 6) is 1.79. The van der Waals surface area contributed by atoms with Gasteiger partial charge in [-0.05, 0) is 51.7 Å². The smallest absolute Gasteiger partial charge is 0.322 e. The van der Waals surface area contributed by atoms with Crippen molar-refractivity contribution >= 4 is 68.9 Å². The SMILES string of the molecule is CCCCCCCCCCCCSC(=S)SC(C)(C)C(=O)OCCOCCCCNC(=O)CCCCC1SCC2NC(=O)NC21. The van der Waals surface area contributed by atoms with E-state index in [9.17, 15) is 14.4 Å². The number of hydrogen-bond acceptors (Lipinski definition) is 9. The Balaban J connectivity index is 1.35. The number of thiocarbonyl (C=S) groups is 1. The van der Waals surface area contributed by atoms with Crippen LogP contribution in [0.25, 0.3) is 0 Å². The Morgan fingerprint density at radius 1 is 0.933 bits per heavy atom. The number of carbonyl (C=O) groups excluding carboxylic acids is 3. The number of rotatable bonds is 26. The molecule has 0 aliphatic carbocycles. The van der Waals surface area contributed by atoms with Gasteiger partial charge in [0.2, 0.25) is 5.91 Å². The topological polar surface area (TPSA) is 106 Å². The second-order valence-electron chi connectivity index (χ2n) is 12.6. The average Bonchev–Trinajstić information content (AvgIpc) is 3.55. The molecular weight excluding hydrogens is 647 g/mol. The van der Waals surface area contributed by atoms with Crippen LogP contribution >= 0.6 is 47.5 Å². The number of esters is 1. The molecule has 2 rings (SSSR count). The fourth-order valence-corrected chi connectivity index (χ4v) is 10.0. The van der Waals surface area contributed by atoms with Crippen LogP contribution in [0.4, 0.5) is 4.79 Å². The second-order valence-corrected chi connectivity index (χ2v) is 17.8. The van der Waals surface area contributed by atoms with E-state index < -0.39 is 4.75 Å².